The third-order valence-electron chi connectivity index (χ3n) is 5.94. The number of hydrogen-bond donors (Lipinski definition) is 1. The van der Waals surface area contributed by atoms with E-state index in [1.54, 1.807) is 43.5 Å². The first kappa shape index (κ1) is 23.1. The van der Waals surface area contributed by atoms with E-state index in [0.29, 0.717) is 28.3 Å². The van der Waals surface area contributed by atoms with Crippen LogP contribution in [0.25, 0.3) is 16.6 Å². The maximum Gasteiger partial charge on any atom is 0.229 e. The lowest BCUT2D eigenvalue weighted by Crippen LogP contribution is -2.07. The van der Waals surface area contributed by atoms with Crippen molar-refractivity contribution in [3.8, 4) is 5.75 Å². The number of anilines is 1. The van der Waals surface area contributed by atoms with Crippen LogP contribution < -0.4 is 10.1 Å². The highest BCUT2D eigenvalue weighted by atomic mass is 35.5. The van der Waals surface area contributed by atoms with Crippen LogP contribution in [0.2, 0.25) is 5.02 Å². The van der Waals surface area contributed by atoms with Crippen LogP contribution >= 0.6 is 11.6 Å². The Morgan fingerprint density at radius 3 is 2.49 bits per heavy atom. The highest BCUT2D eigenvalue weighted by Gasteiger charge is 2.27. The molecule has 35 heavy (non-hydrogen) atoms. The van der Waals surface area contributed by atoms with E-state index in [1.807, 2.05) is 38.1 Å². The second kappa shape index (κ2) is 8.83. The molecule has 0 saturated carbocycles. The molecule has 0 radical (unpaired) electrons. The van der Waals surface area contributed by atoms with Crippen molar-refractivity contribution in [3.05, 3.63) is 82.4 Å². The monoisotopic (exact) mass is 507 g/mol. The molecule has 0 atom stereocenters. The third-order valence-corrected chi connectivity index (χ3v) is 7.82. The lowest BCUT2D eigenvalue weighted by molar-refractivity contribution is 0.414. The minimum Gasteiger partial charge on any atom is -0.497 e. The lowest BCUT2D eigenvalue weighted by atomic mass is 10.1. The topological polar surface area (TPSA) is 98.5 Å². The Hall–Kier alpha value is -3.69. The van der Waals surface area contributed by atoms with Gasteiger partial charge in [-0.2, -0.15) is 4.52 Å². The van der Waals surface area contributed by atoms with Crippen molar-refractivity contribution >= 4 is 43.8 Å². The molecule has 0 aliphatic carbocycles. The van der Waals surface area contributed by atoms with Gasteiger partial charge >= 0.3 is 0 Å². The second-order valence-electron chi connectivity index (χ2n) is 8.20. The molecule has 10 heteroatoms. The number of sulfone groups is 1. The number of halogens is 1. The van der Waals surface area contributed by atoms with Gasteiger partial charge in [-0.05, 0) is 73.0 Å². The highest BCUT2D eigenvalue weighted by Crippen LogP contribution is 2.30. The molecule has 2 aromatic heterocycles. The summed E-state index contributed by atoms with van der Waals surface area (Å²) in [5.74, 6) is 1.24. The third kappa shape index (κ3) is 4.17. The number of benzene rings is 3. The molecule has 8 nitrogen and oxygen atoms in total. The van der Waals surface area contributed by atoms with Gasteiger partial charge in [0, 0.05) is 17.0 Å². The van der Waals surface area contributed by atoms with Crippen LogP contribution in [0.15, 0.2) is 70.6 Å². The zero-order valence-corrected chi connectivity index (χ0v) is 20.9. The van der Waals surface area contributed by atoms with Crippen molar-refractivity contribution in [1.82, 2.24) is 19.8 Å². The van der Waals surface area contributed by atoms with Gasteiger partial charge in [-0.15, -0.1) is 5.10 Å². The number of aryl methyl sites for hydroxylation is 2. The summed E-state index contributed by atoms with van der Waals surface area (Å²) in [5.41, 5.74) is 3.64. The van der Waals surface area contributed by atoms with E-state index in [0.717, 1.165) is 22.4 Å². The number of rotatable bonds is 6. The Bertz CT molecular complexity index is 1680. The van der Waals surface area contributed by atoms with Gasteiger partial charge in [0.2, 0.25) is 14.9 Å². The average Bonchev–Trinajstić information content (AvgIpc) is 3.29. The first-order chi connectivity index (χ1) is 16.8. The zero-order chi connectivity index (χ0) is 24.7. The van der Waals surface area contributed by atoms with E-state index in [9.17, 15) is 8.42 Å². The quantitative estimate of drug-likeness (QED) is 0.345. The van der Waals surface area contributed by atoms with Crippen molar-refractivity contribution in [1.29, 1.82) is 0 Å². The van der Waals surface area contributed by atoms with E-state index in [2.05, 4.69) is 20.6 Å². The summed E-state index contributed by atoms with van der Waals surface area (Å²) in [4.78, 5) is 4.80. The van der Waals surface area contributed by atoms with Gasteiger partial charge in [-0.3, -0.25) is 0 Å². The summed E-state index contributed by atoms with van der Waals surface area (Å²) < 4.78 is 33.7. The van der Waals surface area contributed by atoms with E-state index in [-0.39, 0.29) is 15.6 Å². The molecule has 5 aromatic rings. The van der Waals surface area contributed by atoms with Crippen LogP contribution in [0.4, 0.5) is 5.82 Å². The zero-order valence-electron chi connectivity index (χ0n) is 19.3. The van der Waals surface area contributed by atoms with Crippen LogP contribution in [0, 0.1) is 13.8 Å². The first-order valence-electron chi connectivity index (χ1n) is 10.8. The molecule has 5 rings (SSSR count). The van der Waals surface area contributed by atoms with Crippen molar-refractivity contribution in [3.63, 3.8) is 0 Å². The molecule has 2 heterocycles. The van der Waals surface area contributed by atoms with Crippen LogP contribution in [0.5, 0.6) is 5.75 Å². The summed E-state index contributed by atoms with van der Waals surface area (Å²) in [6, 6.07) is 17.9. The molecule has 3 aromatic carbocycles. The highest BCUT2D eigenvalue weighted by molar-refractivity contribution is 7.91. The van der Waals surface area contributed by atoms with Crippen molar-refractivity contribution in [2.75, 3.05) is 12.4 Å². The Morgan fingerprint density at radius 1 is 1.00 bits per heavy atom. The van der Waals surface area contributed by atoms with Crippen molar-refractivity contribution in [2.45, 2.75) is 30.3 Å². The van der Waals surface area contributed by atoms with Crippen LogP contribution in [-0.2, 0) is 16.4 Å². The minimum absolute atomic E-state index is 0.135. The number of nitrogens with zero attached hydrogens (tertiary/aromatic N) is 4. The number of hydrogen-bond acceptors (Lipinski definition) is 7. The summed E-state index contributed by atoms with van der Waals surface area (Å²) in [5, 5.41) is 12.5. The van der Waals surface area contributed by atoms with Crippen molar-refractivity contribution in [2.24, 2.45) is 0 Å². The maximum absolute atomic E-state index is 13.5. The Balaban J connectivity index is 1.64. The Labute approximate surface area is 207 Å². The number of nitrogens with one attached hydrogen (secondary N) is 1. The molecular formula is C25H22ClN5O3S. The second-order valence-corrected chi connectivity index (χ2v) is 10.5. The van der Waals surface area contributed by atoms with Gasteiger partial charge in [0.15, 0.2) is 5.65 Å². The van der Waals surface area contributed by atoms with E-state index < -0.39 is 9.84 Å². The predicted molar refractivity (Wildman–Crippen MR) is 135 cm³/mol. The number of aromatic nitrogens is 4. The van der Waals surface area contributed by atoms with Crippen molar-refractivity contribution < 1.29 is 13.2 Å². The molecule has 178 valence electrons. The molecule has 0 bridgehead atoms. The lowest BCUT2D eigenvalue weighted by Gasteiger charge is -2.11. The molecule has 1 N–H and O–H groups in total. The number of ether oxygens (including phenoxy) is 1. The fourth-order valence-corrected chi connectivity index (χ4v) is 5.29. The predicted octanol–water partition coefficient (Wildman–Crippen LogP) is 5.00. The normalized spacial score (nSPS) is 11.8. The molecule has 0 spiro atoms. The van der Waals surface area contributed by atoms with E-state index >= 15 is 0 Å². The standard InChI is InChI=1S/C25H22ClN5O3S/c1-15-4-10-20(12-16(15)2)35(32,33)25-24-28-23(27-14-17-5-8-19(34-3)9-6-17)21-13-18(26)7-11-22(21)31(24)30-29-25/h4-13H,14H2,1-3H3,(H,27,28). The molecule has 0 unspecified atom stereocenters. The van der Waals surface area contributed by atoms with E-state index in [4.69, 9.17) is 16.3 Å². The van der Waals surface area contributed by atoms with Gasteiger partial charge in [0.05, 0.1) is 17.5 Å². The van der Waals surface area contributed by atoms with Gasteiger partial charge in [-0.1, -0.05) is 35.0 Å². The molecule has 0 amide bonds. The maximum atomic E-state index is 13.5. The SMILES string of the molecule is COc1ccc(CNc2nc3c(S(=O)(=O)c4ccc(C)c(C)c4)nnn3c3ccc(Cl)cc23)cc1. The van der Waals surface area contributed by atoms with Crippen LogP contribution in [-0.4, -0.2) is 35.3 Å². The van der Waals surface area contributed by atoms with Crippen LogP contribution in [0.3, 0.4) is 0 Å². The summed E-state index contributed by atoms with van der Waals surface area (Å²) >= 11 is 6.27. The number of fused-ring (bicyclic) bond motifs is 3. The largest absolute Gasteiger partial charge is 0.497 e. The van der Waals surface area contributed by atoms with E-state index in [1.165, 1.54) is 4.52 Å². The Kier molecular flexibility index (Phi) is 5.82. The molecule has 0 aliphatic rings. The van der Waals surface area contributed by atoms with Gasteiger partial charge < -0.3 is 10.1 Å². The van der Waals surface area contributed by atoms with Gasteiger partial charge in [0.1, 0.15) is 11.6 Å². The molecule has 0 aliphatic heterocycles. The molecule has 0 fully saturated rings. The summed E-state index contributed by atoms with van der Waals surface area (Å²) in [6.07, 6.45) is 0. The first-order valence-corrected chi connectivity index (χ1v) is 12.7. The fourth-order valence-electron chi connectivity index (χ4n) is 3.80. The summed E-state index contributed by atoms with van der Waals surface area (Å²) in [7, 11) is -2.34. The minimum atomic E-state index is -3.95. The average molecular weight is 508 g/mol. The smallest absolute Gasteiger partial charge is 0.229 e. The summed E-state index contributed by atoms with van der Waals surface area (Å²) in [6.45, 7) is 4.25. The van der Waals surface area contributed by atoms with Gasteiger partial charge in [0.25, 0.3) is 0 Å². The molecule has 0 saturated heterocycles. The van der Waals surface area contributed by atoms with Gasteiger partial charge in [-0.25, -0.2) is 13.4 Å². The Morgan fingerprint density at radius 2 is 1.77 bits per heavy atom. The number of methoxy groups -OCH3 is 1. The molecular weight excluding hydrogens is 486 g/mol. The fraction of sp³-hybridized carbons (Fsp3) is 0.160. The van der Waals surface area contributed by atoms with Crippen LogP contribution in [0.1, 0.15) is 16.7 Å².